The topological polar surface area (TPSA) is 203 Å². The number of ether oxygens (including phenoxy) is 8. The monoisotopic (exact) mass is 524 g/mol. The average molecular weight is 524 g/mol. The Balaban J connectivity index is 2.33. The van der Waals surface area contributed by atoms with Crippen LogP contribution in [-0.4, -0.2) is 121 Å². The number of hydrogen-bond donors (Lipinski definition) is 3. The lowest BCUT2D eigenvalue weighted by Gasteiger charge is -2.45. The van der Waals surface area contributed by atoms with Gasteiger partial charge in [-0.3, -0.25) is 19.2 Å². The molecule has 0 bridgehead atoms. The second-order valence-corrected chi connectivity index (χ2v) is 8.15. The lowest BCUT2D eigenvalue weighted by Crippen LogP contribution is -2.64. The van der Waals surface area contributed by atoms with Crippen molar-refractivity contribution in [3.63, 3.8) is 0 Å². The van der Waals surface area contributed by atoms with E-state index in [0.717, 1.165) is 27.7 Å². The molecule has 2 heterocycles. The highest BCUT2D eigenvalue weighted by Gasteiger charge is 2.53. The summed E-state index contributed by atoms with van der Waals surface area (Å²) in [4.78, 5) is 46.8. The van der Waals surface area contributed by atoms with Gasteiger partial charge in [-0.2, -0.15) is 0 Å². The Morgan fingerprint density at radius 2 is 1.17 bits per heavy atom. The van der Waals surface area contributed by atoms with E-state index in [0.29, 0.717) is 0 Å². The van der Waals surface area contributed by atoms with E-state index in [1.54, 1.807) is 0 Å². The summed E-state index contributed by atoms with van der Waals surface area (Å²) in [5, 5.41) is 30.3. The van der Waals surface area contributed by atoms with Gasteiger partial charge in [-0.1, -0.05) is 0 Å². The summed E-state index contributed by atoms with van der Waals surface area (Å²) in [5.41, 5.74) is 0. The van der Waals surface area contributed by atoms with Gasteiger partial charge in [0.2, 0.25) is 0 Å². The molecule has 0 aromatic rings. The predicted octanol–water partition coefficient (Wildman–Crippen LogP) is -2.46. The summed E-state index contributed by atoms with van der Waals surface area (Å²) >= 11 is 0. The van der Waals surface area contributed by atoms with E-state index in [4.69, 9.17) is 37.9 Å². The zero-order chi connectivity index (χ0) is 27.2. The minimum Gasteiger partial charge on any atom is -0.463 e. The first-order valence-electron chi connectivity index (χ1n) is 11.0. The van der Waals surface area contributed by atoms with Gasteiger partial charge < -0.3 is 53.2 Å². The second kappa shape index (κ2) is 13.2. The molecule has 10 atom stereocenters. The Bertz CT molecular complexity index is 785. The van der Waals surface area contributed by atoms with E-state index in [1.807, 2.05) is 0 Å². The van der Waals surface area contributed by atoms with Crippen LogP contribution < -0.4 is 0 Å². The van der Waals surface area contributed by atoms with Crippen molar-refractivity contribution in [3.05, 3.63) is 0 Å². The summed E-state index contributed by atoms with van der Waals surface area (Å²) in [6.07, 6.45) is -14.3. The Labute approximate surface area is 206 Å². The Morgan fingerprint density at radius 1 is 0.639 bits per heavy atom. The molecule has 0 aromatic carbocycles. The maximum atomic E-state index is 11.8. The van der Waals surface area contributed by atoms with E-state index in [-0.39, 0.29) is 0 Å². The summed E-state index contributed by atoms with van der Waals surface area (Å²) in [6, 6.07) is 0. The molecular weight excluding hydrogens is 492 g/mol. The normalized spacial score (nSPS) is 36.4. The third-order valence-corrected chi connectivity index (χ3v) is 5.27. The zero-order valence-electron chi connectivity index (χ0n) is 20.4. The quantitative estimate of drug-likeness (QED) is 0.211. The van der Waals surface area contributed by atoms with Crippen molar-refractivity contribution in [1.82, 2.24) is 0 Å². The molecule has 0 saturated carbocycles. The van der Waals surface area contributed by atoms with Crippen molar-refractivity contribution in [1.29, 1.82) is 0 Å². The van der Waals surface area contributed by atoms with Crippen molar-refractivity contribution in [2.45, 2.75) is 89.1 Å². The maximum absolute atomic E-state index is 11.8. The van der Waals surface area contributed by atoms with Crippen LogP contribution in [0, 0.1) is 0 Å². The number of aliphatic hydroxyl groups is 3. The minimum atomic E-state index is -1.63. The van der Waals surface area contributed by atoms with Crippen LogP contribution in [0.25, 0.3) is 0 Å². The summed E-state index contributed by atoms with van der Waals surface area (Å²) in [6.45, 7) is 3.44. The molecule has 2 aliphatic rings. The smallest absolute Gasteiger partial charge is 0.303 e. The number of aliphatic hydroxyl groups excluding tert-OH is 3. The fourth-order valence-electron chi connectivity index (χ4n) is 3.76. The van der Waals surface area contributed by atoms with Crippen LogP contribution in [0.15, 0.2) is 0 Å². The molecule has 36 heavy (non-hydrogen) atoms. The standard InChI is InChI=1S/C21H32O15/c1-8(22)30-7-13-17(32-9(2)23)18(33-10(3)24)19(34-11(4)25)21(36-13)31-6-12-14(26)15(27)16(28)20(29-5)35-12/h12-21,26-28H,6-7H2,1-5H3/t12-,13-,14+,15+,16-,17-,18+,19-,20+,21-/m1/s1. The zero-order valence-corrected chi connectivity index (χ0v) is 20.4. The van der Waals surface area contributed by atoms with Crippen LogP contribution in [-0.2, 0) is 57.1 Å². The van der Waals surface area contributed by atoms with E-state index in [2.05, 4.69) is 0 Å². The van der Waals surface area contributed by atoms with Gasteiger partial charge in [0, 0.05) is 34.8 Å². The third-order valence-electron chi connectivity index (χ3n) is 5.27. The van der Waals surface area contributed by atoms with E-state index in [9.17, 15) is 34.5 Å². The molecule has 0 amide bonds. The van der Waals surface area contributed by atoms with Gasteiger partial charge in [0.1, 0.15) is 37.1 Å². The fraction of sp³-hybridized carbons (Fsp3) is 0.810. The first-order chi connectivity index (χ1) is 16.8. The van der Waals surface area contributed by atoms with Crippen molar-refractivity contribution in [2.24, 2.45) is 0 Å². The summed E-state index contributed by atoms with van der Waals surface area (Å²) < 4.78 is 42.6. The van der Waals surface area contributed by atoms with E-state index >= 15 is 0 Å². The fourth-order valence-corrected chi connectivity index (χ4v) is 3.76. The summed E-state index contributed by atoms with van der Waals surface area (Å²) in [7, 11) is 1.22. The highest BCUT2D eigenvalue weighted by Crippen LogP contribution is 2.31. The van der Waals surface area contributed by atoms with Crippen LogP contribution in [0.1, 0.15) is 27.7 Å². The maximum Gasteiger partial charge on any atom is 0.303 e. The Morgan fingerprint density at radius 3 is 1.69 bits per heavy atom. The van der Waals surface area contributed by atoms with Crippen LogP contribution in [0.2, 0.25) is 0 Å². The van der Waals surface area contributed by atoms with Gasteiger partial charge in [-0.25, -0.2) is 0 Å². The molecular formula is C21H32O15. The molecule has 206 valence electrons. The van der Waals surface area contributed by atoms with E-state index in [1.165, 1.54) is 7.11 Å². The van der Waals surface area contributed by atoms with Crippen molar-refractivity contribution in [3.8, 4) is 0 Å². The van der Waals surface area contributed by atoms with Crippen LogP contribution in [0.4, 0.5) is 0 Å². The Kier molecular flexibility index (Phi) is 11.0. The largest absolute Gasteiger partial charge is 0.463 e. The number of methoxy groups -OCH3 is 1. The average Bonchev–Trinajstić information content (AvgIpc) is 2.78. The molecule has 0 radical (unpaired) electrons. The van der Waals surface area contributed by atoms with Gasteiger partial charge in [0.25, 0.3) is 0 Å². The van der Waals surface area contributed by atoms with Crippen LogP contribution in [0.3, 0.4) is 0 Å². The van der Waals surface area contributed by atoms with Crippen molar-refractivity contribution in [2.75, 3.05) is 20.3 Å². The number of hydrogen-bond acceptors (Lipinski definition) is 15. The molecule has 2 aliphatic heterocycles. The molecule has 15 heteroatoms. The second-order valence-electron chi connectivity index (χ2n) is 8.15. The third kappa shape index (κ3) is 7.80. The van der Waals surface area contributed by atoms with Gasteiger partial charge in [0.15, 0.2) is 30.9 Å². The molecule has 2 rings (SSSR count). The molecule has 3 N–H and O–H groups in total. The van der Waals surface area contributed by atoms with Crippen LogP contribution >= 0.6 is 0 Å². The molecule has 15 nitrogen and oxygen atoms in total. The van der Waals surface area contributed by atoms with Crippen molar-refractivity contribution >= 4 is 23.9 Å². The molecule has 2 saturated heterocycles. The van der Waals surface area contributed by atoms with Gasteiger partial charge in [-0.15, -0.1) is 0 Å². The van der Waals surface area contributed by atoms with Gasteiger partial charge in [-0.05, 0) is 0 Å². The number of rotatable bonds is 9. The lowest BCUT2D eigenvalue weighted by molar-refractivity contribution is -0.330. The number of esters is 4. The van der Waals surface area contributed by atoms with E-state index < -0.39 is 98.5 Å². The molecule has 0 aliphatic carbocycles. The minimum absolute atomic E-state index is 0.448. The Hall–Kier alpha value is -2.40. The van der Waals surface area contributed by atoms with Gasteiger partial charge >= 0.3 is 23.9 Å². The van der Waals surface area contributed by atoms with Crippen molar-refractivity contribution < 1.29 is 72.4 Å². The number of carbonyl (C=O) groups is 4. The number of carbonyl (C=O) groups excluding carboxylic acids is 4. The molecule has 2 fully saturated rings. The first kappa shape index (κ1) is 29.8. The first-order valence-corrected chi connectivity index (χ1v) is 11.0. The highest BCUT2D eigenvalue weighted by molar-refractivity contribution is 5.68. The molecule has 0 unspecified atom stereocenters. The predicted molar refractivity (Wildman–Crippen MR) is 112 cm³/mol. The highest BCUT2D eigenvalue weighted by atomic mass is 16.7. The lowest BCUT2D eigenvalue weighted by atomic mass is 9.97. The van der Waals surface area contributed by atoms with Crippen LogP contribution in [0.5, 0.6) is 0 Å². The summed E-state index contributed by atoms with van der Waals surface area (Å²) in [5.74, 6) is -3.10. The molecule has 0 aromatic heterocycles. The SMILES string of the molecule is CO[C@H]1O[C@H](CO[C@@H]2O[C@H](COC(C)=O)[C@@H](OC(C)=O)[C@H](OC(C)=O)[C@H]2OC(C)=O)[C@H](O)[C@H](O)[C@H]1O. The van der Waals surface area contributed by atoms with Gasteiger partial charge in [0.05, 0.1) is 6.61 Å². The molecule has 0 spiro atoms.